The van der Waals surface area contributed by atoms with Crippen LogP contribution in [0.3, 0.4) is 0 Å². The zero-order chi connectivity index (χ0) is 12.7. The van der Waals surface area contributed by atoms with Crippen molar-refractivity contribution in [2.75, 3.05) is 4.90 Å². The molecule has 1 aliphatic heterocycles. The molecule has 0 spiro atoms. The minimum absolute atomic E-state index is 0.117. The zero-order valence-electron chi connectivity index (χ0n) is 10.0. The maximum Gasteiger partial charge on any atom is 0.237 e. The Morgan fingerprint density at radius 1 is 1.12 bits per heavy atom. The lowest BCUT2D eigenvalue weighted by Gasteiger charge is -2.17. The van der Waals surface area contributed by atoms with Crippen molar-refractivity contribution in [3.05, 3.63) is 28.2 Å². The maximum absolute atomic E-state index is 12.1. The molecule has 1 aromatic carbocycles. The van der Waals surface area contributed by atoms with Gasteiger partial charge in [0.2, 0.25) is 11.8 Å². The molecule has 0 bridgehead atoms. The number of benzene rings is 1. The third-order valence-corrected chi connectivity index (χ3v) is 4.41. The first-order chi connectivity index (χ1) is 7.95. The average Bonchev–Trinajstić information content (AvgIpc) is 2.49. The monoisotopic (exact) mass is 295 g/mol. The highest BCUT2D eigenvalue weighted by Gasteiger charge is 2.43. The van der Waals surface area contributed by atoms with Gasteiger partial charge in [-0.3, -0.25) is 9.59 Å². The van der Waals surface area contributed by atoms with Crippen molar-refractivity contribution in [1.82, 2.24) is 0 Å². The van der Waals surface area contributed by atoms with E-state index in [2.05, 4.69) is 15.9 Å². The van der Waals surface area contributed by atoms with Gasteiger partial charge in [-0.2, -0.15) is 0 Å². The van der Waals surface area contributed by atoms with Crippen molar-refractivity contribution in [1.29, 1.82) is 0 Å². The van der Waals surface area contributed by atoms with E-state index in [0.29, 0.717) is 5.69 Å². The topological polar surface area (TPSA) is 37.4 Å². The molecule has 0 aliphatic carbocycles. The largest absolute Gasteiger partial charge is 0.274 e. The Labute approximate surface area is 109 Å². The number of carbonyl (C=O) groups excluding carboxylic acids is 2. The number of hydrogen-bond donors (Lipinski definition) is 0. The Morgan fingerprint density at radius 2 is 1.65 bits per heavy atom. The third-order valence-electron chi connectivity index (χ3n) is 3.38. The van der Waals surface area contributed by atoms with Crippen LogP contribution in [0.4, 0.5) is 5.69 Å². The summed E-state index contributed by atoms with van der Waals surface area (Å²) in [6.07, 6.45) is 0. The van der Waals surface area contributed by atoms with E-state index in [9.17, 15) is 9.59 Å². The molecule has 0 radical (unpaired) electrons. The molecular weight excluding hydrogens is 282 g/mol. The van der Waals surface area contributed by atoms with Crippen LogP contribution in [0.15, 0.2) is 22.7 Å². The summed E-state index contributed by atoms with van der Waals surface area (Å²) in [5.74, 6) is -0.715. The number of amides is 2. The lowest BCUT2D eigenvalue weighted by Crippen LogP contribution is -2.31. The summed E-state index contributed by atoms with van der Waals surface area (Å²) in [5.41, 5.74) is 1.66. The van der Waals surface area contributed by atoms with Gasteiger partial charge in [0.15, 0.2) is 0 Å². The third kappa shape index (κ3) is 1.80. The number of halogens is 1. The Hall–Kier alpha value is -1.16. The highest BCUT2D eigenvalue weighted by Crippen LogP contribution is 2.36. The number of carbonyl (C=O) groups is 2. The van der Waals surface area contributed by atoms with Gasteiger partial charge in [-0.25, -0.2) is 4.90 Å². The molecule has 3 nitrogen and oxygen atoms in total. The first-order valence-electron chi connectivity index (χ1n) is 5.58. The minimum atomic E-state index is -0.241. The Bertz CT molecular complexity index is 478. The molecule has 2 atom stereocenters. The van der Waals surface area contributed by atoms with Crippen LogP contribution < -0.4 is 4.90 Å². The zero-order valence-corrected chi connectivity index (χ0v) is 11.6. The number of rotatable bonds is 1. The van der Waals surface area contributed by atoms with Crippen LogP contribution >= 0.6 is 15.9 Å². The number of aryl methyl sites for hydroxylation is 1. The second-order valence-corrected chi connectivity index (χ2v) is 5.29. The molecule has 1 saturated heterocycles. The van der Waals surface area contributed by atoms with E-state index in [4.69, 9.17) is 0 Å². The van der Waals surface area contributed by atoms with E-state index in [1.54, 1.807) is 19.9 Å². The van der Waals surface area contributed by atoms with Gasteiger partial charge in [-0.1, -0.05) is 26.0 Å². The fourth-order valence-corrected chi connectivity index (χ4v) is 2.43. The van der Waals surface area contributed by atoms with Crippen molar-refractivity contribution in [2.24, 2.45) is 11.8 Å². The fourth-order valence-electron chi connectivity index (χ4n) is 1.99. The smallest absolute Gasteiger partial charge is 0.237 e. The van der Waals surface area contributed by atoms with Crippen LogP contribution in [-0.4, -0.2) is 11.8 Å². The van der Waals surface area contributed by atoms with Gasteiger partial charge in [-0.15, -0.1) is 0 Å². The quantitative estimate of drug-likeness (QED) is 0.747. The van der Waals surface area contributed by atoms with Crippen LogP contribution in [0, 0.1) is 18.8 Å². The van der Waals surface area contributed by atoms with Crippen LogP contribution in [0.2, 0.25) is 0 Å². The minimum Gasteiger partial charge on any atom is -0.274 e. The first-order valence-corrected chi connectivity index (χ1v) is 6.37. The first kappa shape index (κ1) is 12.3. The normalized spacial score (nSPS) is 24.6. The van der Waals surface area contributed by atoms with Gasteiger partial charge in [-0.05, 0) is 34.5 Å². The van der Waals surface area contributed by atoms with E-state index in [-0.39, 0.29) is 23.7 Å². The summed E-state index contributed by atoms with van der Waals surface area (Å²) in [6, 6.07) is 5.58. The van der Waals surface area contributed by atoms with Gasteiger partial charge in [0.25, 0.3) is 0 Å². The van der Waals surface area contributed by atoms with E-state index < -0.39 is 0 Å². The summed E-state index contributed by atoms with van der Waals surface area (Å²) in [4.78, 5) is 25.4. The van der Waals surface area contributed by atoms with Crippen molar-refractivity contribution >= 4 is 33.4 Å². The maximum atomic E-state index is 12.1. The molecule has 2 unspecified atom stereocenters. The molecule has 0 N–H and O–H groups in total. The molecule has 17 heavy (non-hydrogen) atoms. The Balaban J connectivity index is 2.51. The Kier molecular flexibility index (Phi) is 3.08. The van der Waals surface area contributed by atoms with Gasteiger partial charge in [0, 0.05) is 16.3 Å². The second kappa shape index (κ2) is 4.26. The van der Waals surface area contributed by atoms with Crippen molar-refractivity contribution in [2.45, 2.75) is 20.8 Å². The summed E-state index contributed by atoms with van der Waals surface area (Å²) in [6.45, 7) is 5.54. The molecule has 1 aliphatic rings. The summed E-state index contributed by atoms with van der Waals surface area (Å²) >= 11 is 3.44. The standard InChI is InChI=1S/C13H14BrNO2/c1-7-5-4-6-10(11(7)14)15-12(16)8(2)9(3)13(15)17/h4-6,8-9H,1-3H3. The molecule has 90 valence electrons. The molecule has 1 heterocycles. The molecule has 0 saturated carbocycles. The highest BCUT2D eigenvalue weighted by molar-refractivity contribution is 9.10. The van der Waals surface area contributed by atoms with Crippen molar-refractivity contribution < 1.29 is 9.59 Å². The van der Waals surface area contributed by atoms with E-state index in [0.717, 1.165) is 10.0 Å². The number of nitrogens with zero attached hydrogens (tertiary/aromatic N) is 1. The summed E-state index contributed by atoms with van der Waals surface area (Å²) < 4.78 is 0.808. The number of anilines is 1. The van der Waals surface area contributed by atoms with Crippen LogP contribution in [0.1, 0.15) is 19.4 Å². The number of hydrogen-bond acceptors (Lipinski definition) is 2. The molecule has 2 amide bonds. The van der Waals surface area contributed by atoms with E-state index in [1.165, 1.54) is 4.90 Å². The van der Waals surface area contributed by atoms with E-state index >= 15 is 0 Å². The van der Waals surface area contributed by atoms with Crippen molar-refractivity contribution in [3.63, 3.8) is 0 Å². The average molecular weight is 296 g/mol. The summed E-state index contributed by atoms with van der Waals surface area (Å²) in [7, 11) is 0. The predicted molar refractivity (Wildman–Crippen MR) is 69.7 cm³/mol. The fraction of sp³-hybridized carbons (Fsp3) is 0.385. The van der Waals surface area contributed by atoms with Crippen molar-refractivity contribution in [3.8, 4) is 0 Å². The van der Waals surface area contributed by atoms with Gasteiger partial charge in [0.05, 0.1) is 5.69 Å². The second-order valence-electron chi connectivity index (χ2n) is 4.50. The number of imide groups is 1. The van der Waals surface area contributed by atoms with Gasteiger partial charge in [0.1, 0.15) is 0 Å². The molecule has 2 rings (SSSR count). The lowest BCUT2D eigenvalue weighted by atomic mass is 10.00. The highest BCUT2D eigenvalue weighted by atomic mass is 79.9. The van der Waals surface area contributed by atoms with Crippen LogP contribution in [-0.2, 0) is 9.59 Å². The lowest BCUT2D eigenvalue weighted by molar-refractivity contribution is -0.122. The summed E-state index contributed by atoms with van der Waals surface area (Å²) in [5, 5.41) is 0. The van der Waals surface area contributed by atoms with Gasteiger partial charge < -0.3 is 0 Å². The molecule has 1 fully saturated rings. The molecule has 4 heteroatoms. The van der Waals surface area contributed by atoms with Crippen LogP contribution in [0.5, 0.6) is 0 Å². The Morgan fingerprint density at radius 3 is 2.18 bits per heavy atom. The molecule has 0 aromatic heterocycles. The SMILES string of the molecule is Cc1cccc(N2C(=O)C(C)C(C)C2=O)c1Br. The predicted octanol–water partition coefficient (Wildman–Crippen LogP) is 2.90. The van der Waals surface area contributed by atoms with Gasteiger partial charge >= 0.3 is 0 Å². The molecular formula is C13H14BrNO2. The van der Waals surface area contributed by atoms with E-state index in [1.807, 2.05) is 19.1 Å². The molecule has 1 aromatic rings. The van der Waals surface area contributed by atoms with Crippen LogP contribution in [0.25, 0.3) is 0 Å².